The van der Waals surface area contributed by atoms with Crippen LogP contribution in [0, 0.1) is 6.92 Å². The molecule has 166 valence electrons. The second-order valence-corrected chi connectivity index (χ2v) is 9.49. The Balaban J connectivity index is 1.35. The maximum Gasteiger partial charge on any atom is 0.260 e. The lowest BCUT2D eigenvalue weighted by Gasteiger charge is -2.34. The van der Waals surface area contributed by atoms with E-state index in [0.717, 1.165) is 12.0 Å². The first-order chi connectivity index (χ1) is 14.9. The summed E-state index contributed by atoms with van der Waals surface area (Å²) in [6.07, 6.45) is 0.750. The van der Waals surface area contributed by atoms with E-state index in [9.17, 15) is 13.2 Å². The van der Waals surface area contributed by atoms with Crippen LogP contribution in [-0.4, -0.2) is 69.5 Å². The highest BCUT2D eigenvalue weighted by Crippen LogP contribution is 2.33. The number of carbonyl (C=O) groups is 1. The lowest BCUT2D eigenvalue weighted by molar-refractivity contribution is -0.134. The van der Waals surface area contributed by atoms with Crippen LogP contribution < -0.4 is 14.2 Å². The summed E-state index contributed by atoms with van der Waals surface area (Å²) in [5, 5.41) is 0. The molecule has 9 heteroatoms. The summed E-state index contributed by atoms with van der Waals surface area (Å²) in [6.45, 7) is 4.01. The van der Waals surface area contributed by atoms with Gasteiger partial charge in [-0.05, 0) is 36.8 Å². The molecule has 0 saturated carbocycles. The van der Waals surface area contributed by atoms with Gasteiger partial charge in [0.1, 0.15) is 5.75 Å². The molecule has 1 saturated heterocycles. The Labute approximate surface area is 182 Å². The van der Waals surface area contributed by atoms with Gasteiger partial charge in [0.05, 0.1) is 18.1 Å². The van der Waals surface area contributed by atoms with E-state index < -0.39 is 10.0 Å². The van der Waals surface area contributed by atoms with E-state index in [1.807, 2.05) is 25.1 Å². The van der Waals surface area contributed by atoms with Crippen molar-refractivity contribution in [2.24, 2.45) is 0 Å². The van der Waals surface area contributed by atoms with Crippen molar-refractivity contribution < 1.29 is 27.4 Å². The number of nitrogens with zero attached hydrogens (tertiary/aromatic N) is 2. The maximum atomic E-state index is 13.1. The van der Waals surface area contributed by atoms with Crippen LogP contribution in [0.5, 0.6) is 17.2 Å². The molecule has 0 N–H and O–H groups in total. The summed E-state index contributed by atoms with van der Waals surface area (Å²) in [5.74, 6) is 1.49. The first kappa shape index (κ1) is 21.5. The number of piperazine rings is 1. The van der Waals surface area contributed by atoms with Gasteiger partial charge in [-0.2, -0.15) is 4.31 Å². The van der Waals surface area contributed by atoms with Gasteiger partial charge < -0.3 is 19.1 Å². The fourth-order valence-electron chi connectivity index (χ4n) is 3.57. The Kier molecular flexibility index (Phi) is 6.33. The number of carbonyl (C=O) groups excluding carboxylic acids is 1. The van der Waals surface area contributed by atoms with Crippen molar-refractivity contribution in [2.75, 3.05) is 46.0 Å². The summed E-state index contributed by atoms with van der Waals surface area (Å²) in [7, 11) is -3.69. The summed E-state index contributed by atoms with van der Waals surface area (Å²) >= 11 is 0. The topological polar surface area (TPSA) is 85.4 Å². The van der Waals surface area contributed by atoms with Crippen LogP contribution in [0.3, 0.4) is 0 Å². The molecule has 1 fully saturated rings. The van der Waals surface area contributed by atoms with Crippen molar-refractivity contribution >= 4 is 15.9 Å². The van der Waals surface area contributed by atoms with Crippen molar-refractivity contribution in [3.05, 3.63) is 48.0 Å². The number of aryl methyl sites for hydroxylation is 1. The highest BCUT2D eigenvalue weighted by atomic mass is 32.2. The summed E-state index contributed by atoms with van der Waals surface area (Å²) in [4.78, 5) is 14.3. The van der Waals surface area contributed by atoms with Crippen molar-refractivity contribution in [1.29, 1.82) is 0 Å². The molecule has 31 heavy (non-hydrogen) atoms. The predicted molar refractivity (Wildman–Crippen MR) is 114 cm³/mol. The quantitative estimate of drug-likeness (QED) is 0.699. The molecule has 2 aromatic carbocycles. The van der Waals surface area contributed by atoms with E-state index in [4.69, 9.17) is 14.2 Å². The third-order valence-corrected chi connectivity index (χ3v) is 7.19. The number of rotatable bonds is 5. The lowest BCUT2D eigenvalue weighted by atomic mass is 10.2. The van der Waals surface area contributed by atoms with Crippen LogP contribution in [0.4, 0.5) is 0 Å². The van der Waals surface area contributed by atoms with Crippen LogP contribution >= 0.6 is 0 Å². The molecule has 0 unspecified atom stereocenters. The molecule has 0 aromatic heterocycles. The molecule has 0 spiro atoms. The van der Waals surface area contributed by atoms with Crippen LogP contribution in [0.2, 0.25) is 0 Å². The van der Waals surface area contributed by atoms with E-state index in [1.54, 1.807) is 17.0 Å². The molecule has 0 radical (unpaired) electrons. The zero-order chi connectivity index (χ0) is 21.8. The number of benzene rings is 2. The average Bonchev–Trinajstić information content (AvgIpc) is 3.02. The average molecular weight is 447 g/mol. The second-order valence-electron chi connectivity index (χ2n) is 7.55. The minimum atomic E-state index is -3.69. The monoisotopic (exact) mass is 446 g/mol. The molecule has 0 aliphatic carbocycles. The molecular weight excluding hydrogens is 420 g/mol. The van der Waals surface area contributed by atoms with E-state index in [2.05, 4.69) is 0 Å². The zero-order valence-electron chi connectivity index (χ0n) is 17.5. The number of fused-ring (bicyclic) bond motifs is 1. The summed E-state index contributed by atoms with van der Waals surface area (Å²) < 4.78 is 44.3. The number of ether oxygens (including phenoxy) is 3. The molecule has 8 nitrogen and oxygen atoms in total. The summed E-state index contributed by atoms with van der Waals surface area (Å²) in [6, 6.07) is 12.2. The van der Waals surface area contributed by atoms with Gasteiger partial charge >= 0.3 is 0 Å². The van der Waals surface area contributed by atoms with E-state index in [1.165, 1.54) is 16.4 Å². The van der Waals surface area contributed by atoms with E-state index in [0.29, 0.717) is 43.6 Å². The van der Waals surface area contributed by atoms with Crippen molar-refractivity contribution in [3.8, 4) is 17.2 Å². The molecule has 0 atom stereocenters. The zero-order valence-corrected chi connectivity index (χ0v) is 18.3. The second kappa shape index (κ2) is 9.15. The number of hydrogen-bond donors (Lipinski definition) is 0. The van der Waals surface area contributed by atoms with Gasteiger partial charge in [0.25, 0.3) is 5.91 Å². The molecule has 4 rings (SSSR count). The van der Waals surface area contributed by atoms with Gasteiger partial charge in [0, 0.05) is 38.7 Å². The van der Waals surface area contributed by atoms with Crippen LogP contribution in [-0.2, 0) is 14.8 Å². The van der Waals surface area contributed by atoms with Gasteiger partial charge in [0.2, 0.25) is 10.0 Å². The van der Waals surface area contributed by atoms with Crippen molar-refractivity contribution in [3.63, 3.8) is 0 Å². The van der Waals surface area contributed by atoms with Gasteiger partial charge in [0.15, 0.2) is 18.1 Å². The lowest BCUT2D eigenvalue weighted by Crippen LogP contribution is -2.51. The standard InChI is InChI=1S/C22H26N2O6S/c1-17-4-2-5-18(14-17)30-16-22(25)23-8-10-24(11-9-23)31(26,27)19-6-7-20-21(15-19)29-13-3-12-28-20/h2,4-7,14-15H,3,8-13,16H2,1H3. The maximum absolute atomic E-state index is 13.1. The smallest absolute Gasteiger partial charge is 0.260 e. The SMILES string of the molecule is Cc1cccc(OCC(=O)N2CCN(S(=O)(=O)c3ccc4c(c3)OCCCO4)CC2)c1. The van der Waals surface area contributed by atoms with Crippen molar-refractivity contribution in [2.45, 2.75) is 18.2 Å². The Morgan fingerprint density at radius 3 is 2.48 bits per heavy atom. The number of amides is 1. The minimum absolute atomic E-state index is 0.0711. The molecule has 2 aliphatic heterocycles. The Bertz CT molecular complexity index is 1050. The van der Waals surface area contributed by atoms with Crippen LogP contribution in [0.15, 0.2) is 47.4 Å². The van der Waals surface area contributed by atoms with Crippen LogP contribution in [0.25, 0.3) is 0 Å². The highest BCUT2D eigenvalue weighted by molar-refractivity contribution is 7.89. The van der Waals surface area contributed by atoms with Gasteiger partial charge in [-0.15, -0.1) is 0 Å². The Morgan fingerprint density at radius 2 is 1.74 bits per heavy atom. The Morgan fingerprint density at radius 1 is 1.00 bits per heavy atom. The predicted octanol–water partition coefficient (Wildman–Crippen LogP) is 2.07. The van der Waals surface area contributed by atoms with Crippen LogP contribution in [0.1, 0.15) is 12.0 Å². The highest BCUT2D eigenvalue weighted by Gasteiger charge is 2.31. The number of sulfonamides is 1. The molecular formula is C22H26N2O6S. The first-order valence-corrected chi connectivity index (χ1v) is 11.7. The third-order valence-electron chi connectivity index (χ3n) is 5.30. The summed E-state index contributed by atoms with van der Waals surface area (Å²) in [5.41, 5.74) is 1.05. The van der Waals surface area contributed by atoms with E-state index in [-0.39, 0.29) is 30.5 Å². The normalized spacial score (nSPS) is 17.1. The number of hydrogen-bond acceptors (Lipinski definition) is 6. The fourth-order valence-corrected chi connectivity index (χ4v) is 5.01. The first-order valence-electron chi connectivity index (χ1n) is 10.3. The van der Waals surface area contributed by atoms with Gasteiger partial charge in [-0.3, -0.25) is 4.79 Å². The van der Waals surface area contributed by atoms with Crippen molar-refractivity contribution in [1.82, 2.24) is 9.21 Å². The molecule has 2 heterocycles. The third kappa shape index (κ3) is 4.94. The Hall–Kier alpha value is -2.78. The minimum Gasteiger partial charge on any atom is -0.490 e. The largest absolute Gasteiger partial charge is 0.490 e. The molecule has 2 aliphatic rings. The van der Waals surface area contributed by atoms with E-state index >= 15 is 0 Å². The van der Waals surface area contributed by atoms with Gasteiger partial charge in [-0.25, -0.2) is 8.42 Å². The molecule has 1 amide bonds. The molecule has 2 aromatic rings. The van der Waals surface area contributed by atoms with Gasteiger partial charge in [-0.1, -0.05) is 12.1 Å². The fraction of sp³-hybridized carbons (Fsp3) is 0.409. The molecule has 0 bridgehead atoms.